The van der Waals surface area contributed by atoms with Crippen molar-refractivity contribution in [2.24, 2.45) is 5.92 Å². The number of aromatic nitrogens is 2. The van der Waals surface area contributed by atoms with Gasteiger partial charge in [-0.3, -0.25) is 0 Å². The summed E-state index contributed by atoms with van der Waals surface area (Å²) in [6.45, 7) is 4.06. The second-order valence-electron chi connectivity index (χ2n) is 4.60. The molecule has 108 valence electrons. The highest BCUT2D eigenvalue weighted by molar-refractivity contribution is 5.01. The summed E-state index contributed by atoms with van der Waals surface area (Å²) in [4.78, 5) is 7.99. The van der Waals surface area contributed by atoms with Crippen molar-refractivity contribution in [2.75, 3.05) is 13.2 Å². The first-order valence-electron chi connectivity index (χ1n) is 6.03. The van der Waals surface area contributed by atoms with Gasteiger partial charge in [-0.2, -0.15) is 13.2 Å². The Morgan fingerprint density at radius 2 is 2.11 bits per heavy atom. The number of alkyl halides is 3. The highest BCUT2D eigenvalue weighted by Gasteiger charge is 2.27. The fraction of sp³-hybridized carbons (Fsp3) is 0.667. The zero-order valence-electron chi connectivity index (χ0n) is 11.0. The third-order valence-electron chi connectivity index (χ3n) is 2.12. The van der Waals surface area contributed by atoms with Crippen molar-refractivity contribution < 1.29 is 17.9 Å². The Kier molecular flexibility index (Phi) is 6.17. The van der Waals surface area contributed by atoms with Crippen LogP contribution in [-0.4, -0.2) is 29.3 Å². The lowest BCUT2D eigenvalue weighted by atomic mass is 10.2. The molecule has 0 saturated carbocycles. The van der Waals surface area contributed by atoms with E-state index < -0.39 is 12.8 Å². The van der Waals surface area contributed by atoms with E-state index in [1.54, 1.807) is 6.07 Å². The van der Waals surface area contributed by atoms with Gasteiger partial charge in [-0.05, 0) is 18.5 Å². The molecule has 0 spiro atoms. The van der Waals surface area contributed by atoms with Crippen molar-refractivity contribution in [3.63, 3.8) is 0 Å². The van der Waals surface area contributed by atoms with Crippen molar-refractivity contribution >= 4 is 0 Å². The van der Waals surface area contributed by atoms with Gasteiger partial charge in [0.1, 0.15) is 13.2 Å². The summed E-state index contributed by atoms with van der Waals surface area (Å²) in [5.74, 6) is 0.782. The smallest absolute Gasteiger partial charge is 0.364 e. The second kappa shape index (κ2) is 7.40. The molecule has 1 aromatic rings. The van der Waals surface area contributed by atoms with Gasteiger partial charge in [0.25, 0.3) is 0 Å². The van der Waals surface area contributed by atoms with E-state index in [9.17, 15) is 13.2 Å². The van der Waals surface area contributed by atoms with Crippen LogP contribution in [0.3, 0.4) is 0 Å². The first-order chi connectivity index (χ1) is 8.87. The largest absolute Gasteiger partial charge is 0.411 e. The van der Waals surface area contributed by atoms with Gasteiger partial charge in [0, 0.05) is 12.7 Å². The van der Waals surface area contributed by atoms with Crippen LogP contribution in [0.25, 0.3) is 0 Å². The molecule has 0 aliphatic rings. The van der Waals surface area contributed by atoms with Crippen LogP contribution >= 0.6 is 0 Å². The summed E-state index contributed by atoms with van der Waals surface area (Å²) in [6, 6.07) is 1.72. The first kappa shape index (κ1) is 15.8. The standard InChI is InChI=1S/C12H18F3N3O/c1-9(2)5-16-6-10-3-4-17-11(18-10)7-19-8-12(13,14)15/h3-4,9,16H,5-8H2,1-2H3. The van der Waals surface area contributed by atoms with E-state index in [2.05, 4.69) is 33.9 Å². The van der Waals surface area contributed by atoms with Gasteiger partial charge in [0.2, 0.25) is 0 Å². The summed E-state index contributed by atoms with van der Waals surface area (Å²) in [6.07, 6.45) is -2.80. The molecule has 1 N–H and O–H groups in total. The molecule has 0 saturated heterocycles. The lowest BCUT2D eigenvalue weighted by Gasteiger charge is -2.09. The van der Waals surface area contributed by atoms with Crippen molar-refractivity contribution in [3.8, 4) is 0 Å². The third-order valence-corrected chi connectivity index (χ3v) is 2.12. The number of nitrogens with zero attached hydrogens (tertiary/aromatic N) is 2. The van der Waals surface area contributed by atoms with Crippen LogP contribution in [0, 0.1) is 5.92 Å². The number of ether oxygens (including phenoxy) is 1. The fourth-order valence-corrected chi connectivity index (χ4v) is 1.36. The maximum Gasteiger partial charge on any atom is 0.411 e. The van der Waals surface area contributed by atoms with E-state index in [0.717, 1.165) is 12.2 Å². The van der Waals surface area contributed by atoms with Gasteiger partial charge in [-0.1, -0.05) is 13.8 Å². The van der Waals surface area contributed by atoms with Crippen molar-refractivity contribution in [2.45, 2.75) is 33.2 Å². The van der Waals surface area contributed by atoms with Gasteiger partial charge < -0.3 is 10.1 Å². The van der Waals surface area contributed by atoms with Crippen LogP contribution < -0.4 is 5.32 Å². The molecule has 0 unspecified atom stereocenters. The van der Waals surface area contributed by atoms with E-state index in [0.29, 0.717) is 12.5 Å². The van der Waals surface area contributed by atoms with E-state index in [1.165, 1.54) is 6.20 Å². The van der Waals surface area contributed by atoms with Crippen LogP contribution in [0.5, 0.6) is 0 Å². The average Bonchev–Trinajstić information content (AvgIpc) is 2.27. The van der Waals surface area contributed by atoms with Crippen LogP contribution in [0.1, 0.15) is 25.4 Å². The molecule has 19 heavy (non-hydrogen) atoms. The number of hydrogen-bond donors (Lipinski definition) is 1. The second-order valence-corrected chi connectivity index (χ2v) is 4.60. The molecule has 0 atom stereocenters. The molecule has 1 aromatic heterocycles. The Morgan fingerprint density at radius 1 is 1.37 bits per heavy atom. The maximum absolute atomic E-state index is 11.9. The van der Waals surface area contributed by atoms with Gasteiger partial charge in [-0.25, -0.2) is 9.97 Å². The van der Waals surface area contributed by atoms with E-state index in [4.69, 9.17) is 0 Å². The molecule has 0 aromatic carbocycles. The van der Waals surface area contributed by atoms with Gasteiger partial charge in [0.05, 0.1) is 5.69 Å². The van der Waals surface area contributed by atoms with Crippen molar-refractivity contribution in [1.82, 2.24) is 15.3 Å². The minimum absolute atomic E-state index is 0.239. The summed E-state index contributed by atoms with van der Waals surface area (Å²) in [5.41, 5.74) is 0.737. The zero-order chi connectivity index (χ0) is 14.3. The summed E-state index contributed by atoms with van der Waals surface area (Å²) in [5, 5.41) is 3.20. The topological polar surface area (TPSA) is 47.0 Å². The SMILES string of the molecule is CC(C)CNCc1ccnc(COCC(F)(F)F)n1. The molecule has 0 aliphatic heterocycles. The van der Waals surface area contributed by atoms with Gasteiger partial charge >= 0.3 is 6.18 Å². The summed E-state index contributed by atoms with van der Waals surface area (Å²) < 4.78 is 40.2. The molecule has 0 fully saturated rings. The predicted molar refractivity (Wildman–Crippen MR) is 64.3 cm³/mol. The number of halogens is 3. The molecular weight excluding hydrogens is 259 g/mol. The fourth-order valence-electron chi connectivity index (χ4n) is 1.36. The lowest BCUT2D eigenvalue weighted by Crippen LogP contribution is -2.20. The maximum atomic E-state index is 11.9. The highest BCUT2D eigenvalue weighted by Crippen LogP contribution is 2.14. The van der Waals surface area contributed by atoms with E-state index in [-0.39, 0.29) is 12.4 Å². The number of hydrogen-bond acceptors (Lipinski definition) is 4. The monoisotopic (exact) mass is 277 g/mol. The Labute approximate surface area is 110 Å². The Morgan fingerprint density at radius 3 is 2.74 bits per heavy atom. The third kappa shape index (κ3) is 7.74. The normalized spacial score (nSPS) is 12.1. The quantitative estimate of drug-likeness (QED) is 0.830. The molecule has 0 amide bonds. The zero-order valence-corrected chi connectivity index (χ0v) is 11.0. The molecule has 0 bridgehead atoms. The minimum atomic E-state index is -4.32. The van der Waals surface area contributed by atoms with Crippen LogP contribution in [0.4, 0.5) is 13.2 Å². The van der Waals surface area contributed by atoms with E-state index in [1.807, 2.05) is 0 Å². The van der Waals surface area contributed by atoms with Crippen molar-refractivity contribution in [3.05, 3.63) is 23.8 Å². The molecule has 1 heterocycles. The molecule has 1 rings (SSSR count). The summed E-state index contributed by atoms with van der Waals surface area (Å²) in [7, 11) is 0. The van der Waals surface area contributed by atoms with E-state index >= 15 is 0 Å². The minimum Gasteiger partial charge on any atom is -0.364 e. The van der Waals surface area contributed by atoms with Crippen LogP contribution in [-0.2, 0) is 17.9 Å². The molecule has 4 nitrogen and oxygen atoms in total. The van der Waals surface area contributed by atoms with Gasteiger partial charge in [-0.15, -0.1) is 0 Å². The Hall–Kier alpha value is -1.21. The number of nitrogens with one attached hydrogen (secondary N) is 1. The summed E-state index contributed by atoms with van der Waals surface area (Å²) >= 11 is 0. The lowest BCUT2D eigenvalue weighted by molar-refractivity contribution is -0.177. The molecule has 0 aliphatic carbocycles. The number of rotatable bonds is 7. The van der Waals surface area contributed by atoms with Crippen molar-refractivity contribution in [1.29, 1.82) is 0 Å². The van der Waals surface area contributed by atoms with Gasteiger partial charge in [0.15, 0.2) is 5.82 Å². The Balaban J connectivity index is 2.39. The van der Waals surface area contributed by atoms with Crippen LogP contribution in [0.2, 0.25) is 0 Å². The van der Waals surface area contributed by atoms with Crippen LogP contribution in [0.15, 0.2) is 12.3 Å². The molecular formula is C12H18F3N3O. The predicted octanol–water partition coefficient (Wildman–Crippen LogP) is 2.30. The highest BCUT2D eigenvalue weighted by atomic mass is 19.4. The first-order valence-corrected chi connectivity index (χ1v) is 6.03. The molecule has 0 radical (unpaired) electrons. The average molecular weight is 277 g/mol. The Bertz CT molecular complexity index is 383. The molecule has 7 heteroatoms.